The number of rotatable bonds is 3. The van der Waals surface area contributed by atoms with Gasteiger partial charge in [0.1, 0.15) is 0 Å². The Bertz CT molecular complexity index is 1690. The standard InChI is InChI=1S/C32H24N4/c1-32(2)24-10-4-3-9-23(24)30-25(32)14-13-21-15-18-36(31(21)30)22-19-28(26-11-5-7-16-33-26)35-29(20-22)27-12-6-8-17-34-27/h3-20H,1-2H3. The van der Waals surface area contributed by atoms with E-state index >= 15 is 0 Å². The summed E-state index contributed by atoms with van der Waals surface area (Å²) < 4.78 is 2.30. The van der Waals surface area contributed by atoms with Crippen LogP contribution in [0.2, 0.25) is 0 Å². The predicted molar refractivity (Wildman–Crippen MR) is 145 cm³/mol. The molecule has 0 bridgehead atoms. The molecule has 6 aromatic rings. The zero-order chi connectivity index (χ0) is 24.3. The van der Waals surface area contributed by atoms with E-state index in [1.165, 1.54) is 33.2 Å². The van der Waals surface area contributed by atoms with Gasteiger partial charge < -0.3 is 4.57 Å². The van der Waals surface area contributed by atoms with Gasteiger partial charge in [-0.25, -0.2) is 4.98 Å². The Morgan fingerprint density at radius 3 is 1.97 bits per heavy atom. The highest BCUT2D eigenvalue weighted by molar-refractivity contribution is 6.01. The molecule has 36 heavy (non-hydrogen) atoms. The average Bonchev–Trinajstić information content (AvgIpc) is 3.46. The van der Waals surface area contributed by atoms with Crippen LogP contribution in [0.4, 0.5) is 0 Å². The van der Waals surface area contributed by atoms with Gasteiger partial charge >= 0.3 is 0 Å². The molecule has 0 spiro atoms. The number of pyridine rings is 3. The van der Waals surface area contributed by atoms with Crippen LogP contribution in [0.15, 0.2) is 110 Å². The molecule has 4 heterocycles. The van der Waals surface area contributed by atoms with Crippen molar-refractivity contribution in [1.29, 1.82) is 0 Å². The predicted octanol–water partition coefficient (Wildman–Crippen LogP) is 7.46. The molecule has 0 fully saturated rings. The van der Waals surface area contributed by atoms with Crippen LogP contribution in [0.1, 0.15) is 25.0 Å². The van der Waals surface area contributed by atoms with Gasteiger partial charge in [-0.1, -0.05) is 62.4 Å². The monoisotopic (exact) mass is 464 g/mol. The van der Waals surface area contributed by atoms with Gasteiger partial charge in [-0.05, 0) is 59.2 Å². The van der Waals surface area contributed by atoms with Crippen LogP contribution in [0, 0.1) is 0 Å². The first-order valence-electron chi connectivity index (χ1n) is 12.2. The zero-order valence-corrected chi connectivity index (χ0v) is 20.2. The van der Waals surface area contributed by atoms with Gasteiger partial charge in [0.25, 0.3) is 0 Å². The second-order valence-electron chi connectivity index (χ2n) is 9.81. The summed E-state index contributed by atoms with van der Waals surface area (Å²) in [6.07, 6.45) is 5.78. The summed E-state index contributed by atoms with van der Waals surface area (Å²) >= 11 is 0. The second-order valence-corrected chi connectivity index (χ2v) is 9.81. The number of hydrogen-bond donors (Lipinski definition) is 0. The third kappa shape index (κ3) is 3.04. The lowest BCUT2D eigenvalue weighted by molar-refractivity contribution is 0.661. The van der Waals surface area contributed by atoms with Crippen LogP contribution < -0.4 is 0 Å². The molecule has 0 atom stereocenters. The molecule has 0 saturated carbocycles. The summed E-state index contributed by atoms with van der Waals surface area (Å²) in [6, 6.07) is 31.6. The van der Waals surface area contributed by atoms with Gasteiger partial charge in [0.05, 0.1) is 34.0 Å². The van der Waals surface area contributed by atoms with Crippen molar-refractivity contribution in [1.82, 2.24) is 19.5 Å². The van der Waals surface area contributed by atoms with Gasteiger partial charge in [0.15, 0.2) is 0 Å². The summed E-state index contributed by atoms with van der Waals surface area (Å²) in [7, 11) is 0. The first-order chi connectivity index (χ1) is 17.6. The van der Waals surface area contributed by atoms with Crippen LogP contribution in [-0.4, -0.2) is 19.5 Å². The van der Waals surface area contributed by atoms with Gasteiger partial charge in [-0.3, -0.25) is 9.97 Å². The zero-order valence-electron chi connectivity index (χ0n) is 20.2. The normalized spacial score (nSPS) is 13.5. The SMILES string of the molecule is CC1(C)c2ccccc2-c2c1ccc1ccn(-c3cc(-c4ccccn4)nc(-c4ccccn4)c3)c21. The van der Waals surface area contributed by atoms with E-state index in [0.29, 0.717) is 0 Å². The molecule has 0 N–H and O–H groups in total. The Hall–Kier alpha value is -4.57. The highest BCUT2D eigenvalue weighted by Gasteiger charge is 2.36. The average molecular weight is 465 g/mol. The molecule has 7 rings (SSSR count). The van der Waals surface area contributed by atoms with E-state index in [1.807, 2.05) is 36.4 Å². The number of fused-ring (bicyclic) bond motifs is 5. The number of benzene rings is 2. The molecule has 0 amide bonds. The molecule has 4 aromatic heterocycles. The summed E-state index contributed by atoms with van der Waals surface area (Å²) in [5, 5.41) is 1.22. The lowest BCUT2D eigenvalue weighted by atomic mass is 9.82. The Labute approximate surface area is 210 Å². The minimum absolute atomic E-state index is 0.0499. The topological polar surface area (TPSA) is 43.6 Å². The van der Waals surface area contributed by atoms with Gasteiger partial charge in [-0.15, -0.1) is 0 Å². The van der Waals surface area contributed by atoms with Crippen molar-refractivity contribution >= 4 is 10.9 Å². The van der Waals surface area contributed by atoms with Crippen molar-refractivity contribution in [3.63, 3.8) is 0 Å². The molecule has 4 nitrogen and oxygen atoms in total. The first kappa shape index (κ1) is 20.8. The van der Waals surface area contributed by atoms with Crippen LogP contribution in [0.25, 0.3) is 50.5 Å². The van der Waals surface area contributed by atoms with E-state index < -0.39 is 0 Å². The molecule has 0 aliphatic heterocycles. The Kier molecular flexibility index (Phi) is 4.45. The maximum Gasteiger partial charge on any atom is 0.0915 e. The van der Waals surface area contributed by atoms with Crippen LogP contribution in [0.3, 0.4) is 0 Å². The van der Waals surface area contributed by atoms with E-state index in [1.54, 1.807) is 12.4 Å². The number of nitrogens with zero attached hydrogens (tertiary/aromatic N) is 4. The molecule has 4 heteroatoms. The summed E-state index contributed by atoms with van der Waals surface area (Å²) in [4.78, 5) is 14.1. The van der Waals surface area contributed by atoms with Crippen molar-refractivity contribution in [2.75, 3.05) is 0 Å². The van der Waals surface area contributed by atoms with E-state index in [4.69, 9.17) is 4.98 Å². The van der Waals surface area contributed by atoms with E-state index in [9.17, 15) is 0 Å². The van der Waals surface area contributed by atoms with E-state index in [2.05, 4.69) is 89.2 Å². The number of hydrogen-bond acceptors (Lipinski definition) is 3. The Balaban J connectivity index is 1.53. The van der Waals surface area contributed by atoms with Gasteiger partial charge in [-0.2, -0.15) is 0 Å². The van der Waals surface area contributed by atoms with Crippen LogP contribution in [0.5, 0.6) is 0 Å². The smallest absolute Gasteiger partial charge is 0.0915 e. The fourth-order valence-electron chi connectivity index (χ4n) is 5.58. The highest BCUT2D eigenvalue weighted by Crippen LogP contribution is 2.51. The third-order valence-electron chi connectivity index (χ3n) is 7.34. The fraction of sp³-hybridized carbons (Fsp3) is 0.0938. The Morgan fingerprint density at radius 1 is 0.639 bits per heavy atom. The minimum Gasteiger partial charge on any atom is -0.316 e. The molecule has 1 aliphatic carbocycles. The highest BCUT2D eigenvalue weighted by atomic mass is 15.0. The van der Waals surface area contributed by atoms with E-state index in [-0.39, 0.29) is 5.41 Å². The van der Waals surface area contributed by atoms with Crippen molar-refractivity contribution in [2.24, 2.45) is 0 Å². The second kappa shape index (κ2) is 7.72. The maximum atomic E-state index is 4.96. The Morgan fingerprint density at radius 2 is 1.31 bits per heavy atom. The lowest BCUT2D eigenvalue weighted by Crippen LogP contribution is -2.14. The summed E-state index contributed by atoms with van der Waals surface area (Å²) in [6.45, 7) is 4.64. The molecule has 0 saturated heterocycles. The van der Waals surface area contributed by atoms with Crippen molar-refractivity contribution in [3.8, 4) is 39.6 Å². The molecular formula is C32H24N4. The van der Waals surface area contributed by atoms with Gasteiger partial charge in [0, 0.05) is 35.0 Å². The largest absolute Gasteiger partial charge is 0.316 e. The molecule has 2 aromatic carbocycles. The number of aromatic nitrogens is 4. The van der Waals surface area contributed by atoms with Crippen molar-refractivity contribution < 1.29 is 0 Å². The van der Waals surface area contributed by atoms with Crippen molar-refractivity contribution in [3.05, 3.63) is 121 Å². The van der Waals surface area contributed by atoms with Gasteiger partial charge in [0.2, 0.25) is 0 Å². The van der Waals surface area contributed by atoms with Crippen LogP contribution >= 0.6 is 0 Å². The lowest BCUT2D eigenvalue weighted by Gasteiger charge is -2.21. The third-order valence-corrected chi connectivity index (χ3v) is 7.34. The summed E-state index contributed by atoms with van der Waals surface area (Å²) in [5.74, 6) is 0. The maximum absolute atomic E-state index is 4.96. The van der Waals surface area contributed by atoms with Crippen LogP contribution in [-0.2, 0) is 5.41 Å². The van der Waals surface area contributed by atoms with E-state index in [0.717, 1.165) is 28.5 Å². The molecule has 0 unspecified atom stereocenters. The quantitative estimate of drug-likeness (QED) is 0.273. The molecule has 0 radical (unpaired) electrons. The van der Waals surface area contributed by atoms with Crippen molar-refractivity contribution in [2.45, 2.75) is 19.3 Å². The molecule has 1 aliphatic rings. The molecular weight excluding hydrogens is 440 g/mol. The molecule has 172 valence electrons. The summed E-state index contributed by atoms with van der Waals surface area (Å²) in [5.41, 5.74) is 10.9. The fourth-order valence-corrected chi connectivity index (χ4v) is 5.58. The minimum atomic E-state index is -0.0499. The first-order valence-corrected chi connectivity index (χ1v) is 12.2.